The van der Waals surface area contributed by atoms with Crippen molar-refractivity contribution in [3.8, 4) is 0 Å². The SMILES string of the molecule is CC(C)OP(=O)(O)OP(=O)(O)O.[CaH2]. The van der Waals surface area contributed by atoms with E-state index in [-0.39, 0.29) is 37.7 Å². The standard InChI is InChI=1S/C3H10O7P2.Ca.2H/c1-3(2)9-12(7,8)10-11(4,5)6;;;/h3H,1-2H3,(H,7,8)(H2,4,5,6);;;. The van der Waals surface area contributed by atoms with Crippen LogP contribution in [-0.2, 0) is 18.0 Å². The molecule has 10 heteroatoms. The van der Waals surface area contributed by atoms with Crippen LogP contribution >= 0.6 is 15.6 Å². The predicted molar refractivity (Wildman–Crippen MR) is 47.7 cm³/mol. The van der Waals surface area contributed by atoms with E-state index in [1.165, 1.54) is 13.8 Å². The number of rotatable bonds is 4. The third-order valence-corrected chi connectivity index (χ3v) is 2.92. The molecule has 3 N–H and O–H groups in total. The molecule has 0 aromatic rings. The van der Waals surface area contributed by atoms with Crippen LogP contribution in [0, 0.1) is 0 Å². The number of phosphoric acid groups is 2. The summed E-state index contributed by atoms with van der Waals surface area (Å²) in [6, 6.07) is 0. The van der Waals surface area contributed by atoms with Crippen molar-refractivity contribution >= 4 is 53.4 Å². The van der Waals surface area contributed by atoms with Crippen LogP contribution in [0.4, 0.5) is 0 Å². The first-order valence-corrected chi connectivity index (χ1v) is 5.93. The molecule has 7 nitrogen and oxygen atoms in total. The van der Waals surface area contributed by atoms with Gasteiger partial charge in [-0.3, -0.25) is 4.52 Å². The van der Waals surface area contributed by atoms with Crippen LogP contribution in [0.1, 0.15) is 13.8 Å². The van der Waals surface area contributed by atoms with Crippen LogP contribution in [0.3, 0.4) is 0 Å². The average Bonchev–Trinajstić information content (AvgIpc) is 1.48. The Hall–Kier alpha value is 1.52. The Balaban J connectivity index is 0. The molecule has 0 aliphatic rings. The molecule has 0 aromatic heterocycles. The number of hydrogen-bond acceptors (Lipinski definition) is 4. The van der Waals surface area contributed by atoms with E-state index in [2.05, 4.69) is 8.83 Å². The molecular weight excluding hydrogens is 250 g/mol. The van der Waals surface area contributed by atoms with Gasteiger partial charge >= 0.3 is 53.4 Å². The van der Waals surface area contributed by atoms with Crippen molar-refractivity contribution in [2.24, 2.45) is 0 Å². The Labute approximate surface area is 105 Å². The van der Waals surface area contributed by atoms with E-state index in [0.29, 0.717) is 0 Å². The molecule has 0 bridgehead atoms. The second-order valence-corrected chi connectivity index (χ2v) is 4.98. The molecule has 0 aliphatic heterocycles. The number of phosphoric ester groups is 1. The summed E-state index contributed by atoms with van der Waals surface area (Å²) < 4.78 is 28.4. The van der Waals surface area contributed by atoms with E-state index in [1.807, 2.05) is 0 Å². The van der Waals surface area contributed by atoms with E-state index in [0.717, 1.165) is 0 Å². The van der Waals surface area contributed by atoms with Gasteiger partial charge in [-0.25, -0.2) is 9.13 Å². The zero-order valence-corrected chi connectivity index (χ0v) is 8.24. The summed E-state index contributed by atoms with van der Waals surface area (Å²) in [5, 5.41) is 0. The second-order valence-electron chi connectivity index (χ2n) is 2.19. The first kappa shape index (κ1) is 16.9. The van der Waals surface area contributed by atoms with Gasteiger partial charge in [-0.2, -0.15) is 4.31 Å². The van der Waals surface area contributed by atoms with Crippen LogP contribution in [0.15, 0.2) is 0 Å². The van der Waals surface area contributed by atoms with Gasteiger partial charge in [0.2, 0.25) is 0 Å². The minimum absolute atomic E-state index is 0. The quantitative estimate of drug-likeness (QED) is 0.471. The third-order valence-electron chi connectivity index (χ3n) is 0.554. The summed E-state index contributed by atoms with van der Waals surface area (Å²) in [7, 11) is -9.61. The van der Waals surface area contributed by atoms with Crippen LogP contribution in [0.5, 0.6) is 0 Å². The van der Waals surface area contributed by atoms with Gasteiger partial charge in [0.15, 0.2) is 0 Å². The molecule has 0 aromatic carbocycles. The van der Waals surface area contributed by atoms with Crippen molar-refractivity contribution in [1.82, 2.24) is 0 Å². The molecule has 0 radical (unpaired) electrons. The first-order valence-electron chi connectivity index (χ1n) is 2.90. The summed E-state index contributed by atoms with van der Waals surface area (Å²) in [4.78, 5) is 24.9. The Morgan fingerprint density at radius 2 is 1.54 bits per heavy atom. The molecule has 1 atom stereocenters. The summed E-state index contributed by atoms with van der Waals surface area (Å²) in [5.74, 6) is 0. The third kappa shape index (κ3) is 11.4. The van der Waals surface area contributed by atoms with Crippen LogP contribution in [0.25, 0.3) is 0 Å². The topological polar surface area (TPSA) is 113 Å². The fourth-order valence-electron chi connectivity index (χ4n) is 0.420. The molecule has 13 heavy (non-hydrogen) atoms. The molecule has 0 amide bonds. The molecular formula is C3H12CaO7P2. The van der Waals surface area contributed by atoms with Gasteiger partial charge in [0.25, 0.3) is 0 Å². The van der Waals surface area contributed by atoms with Gasteiger partial charge in [0.1, 0.15) is 0 Å². The zero-order chi connectivity index (χ0) is 9.99. The van der Waals surface area contributed by atoms with E-state index in [1.54, 1.807) is 0 Å². The minimum atomic E-state index is -4.98. The van der Waals surface area contributed by atoms with Gasteiger partial charge in [-0.15, -0.1) is 0 Å². The zero-order valence-electron chi connectivity index (χ0n) is 6.45. The summed E-state index contributed by atoms with van der Waals surface area (Å²) >= 11 is 0. The maximum absolute atomic E-state index is 10.7. The fourth-order valence-corrected chi connectivity index (χ4v) is 2.18. The van der Waals surface area contributed by atoms with E-state index in [4.69, 9.17) is 14.7 Å². The van der Waals surface area contributed by atoms with Crippen LogP contribution in [-0.4, -0.2) is 58.5 Å². The maximum atomic E-state index is 10.7. The predicted octanol–water partition coefficient (Wildman–Crippen LogP) is -0.295. The van der Waals surface area contributed by atoms with Gasteiger partial charge in [-0.1, -0.05) is 0 Å². The van der Waals surface area contributed by atoms with Crippen LogP contribution < -0.4 is 0 Å². The monoisotopic (exact) mass is 262 g/mol. The summed E-state index contributed by atoms with van der Waals surface area (Å²) in [6.07, 6.45) is -0.660. The molecule has 0 saturated carbocycles. The van der Waals surface area contributed by atoms with Crippen molar-refractivity contribution in [3.63, 3.8) is 0 Å². The first-order chi connectivity index (χ1) is 5.12. The number of hydrogen-bond donors (Lipinski definition) is 3. The van der Waals surface area contributed by atoms with Crippen LogP contribution in [0.2, 0.25) is 0 Å². The van der Waals surface area contributed by atoms with Gasteiger partial charge < -0.3 is 14.7 Å². The van der Waals surface area contributed by atoms with Gasteiger partial charge in [-0.05, 0) is 13.8 Å². The molecule has 0 rings (SSSR count). The normalized spacial score (nSPS) is 16.5. The van der Waals surface area contributed by atoms with Crippen molar-refractivity contribution in [2.45, 2.75) is 20.0 Å². The van der Waals surface area contributed by atoms with Gasteiger partial charge in [0.05, 0.1) is 6.10 Å². The molecule has 1 unspecified atom stereocenters. The van der Waals surface area contributed by atoms with Crippen molar-refractivity contribution in [2.75, 3.05) is 0 Å². The molecule has 0 aliphatic carbocycles. The molecule has 78 valence electrons. The Morgan fingerprint density at radius 1 is 1.15 bits per heavy atom. The molecule has 0 fully saturated rings. The second kappa shape index (κ2) is 6.18. The summed E-state index contributed by atoms with van der Waals surface area (Å²) in [6.45, 7) is 2.85. The Kier molecular flexibility index (Phi) is 8.05. The van der Waals surface area contributed by atoms with Crippen molar-refractivity contribution in [3.05, 3.63) is 0 Å². The Bertz CT molecular complexity index is 234. The van der Waals surface area contributed by atoms with E-state index >= 15 is 0 Å². The van der Waals surface area contributed by atoms with Gasteiger partial charge in [0, 0.05) is 0 Å². The molecule has 0 saturated heterocycles. The van der Waals surface area contributed by atoms with Crippen molar-refractivity contribution in [1.29, 1.82) is 0 Å². The van der Waals surface area contributed by atoms with E-state index < -0.39 is 21.7 Å². The molecule has 0 spiro atoms. The van der Waals surface area contributed by atoms with Crippen molar-refractivity contribution < 1.29 is 32.6 Å². The Morgan fingerprint density at radius 3 is 1.77 bits per heavy atom. The summed E-state index contributed by atoms with van der Waals surface area (Å²) in [5.41, 5.74) is 0. The van der Waals surface area contributed by atoms with E-state index in [9.17, 15) is 9.13 Å². The molecule has 0 heterocycles. The fraction of sp³-hybridized carbons (Fsp3) is 1.00. The average molecular weight is 262 g/mol.